The van der Waals surface area contributed by atoms with E-state index in [-0.39, 0.29) is 0 Å². The summed E-state index contributed by atoms with van der Waals surface area (Å²) in [5.74, 6) is 1.40. The van der Waals surface area contributed by atoms with Crippen LogP contribution in [0.5, 0.6) is 0 Å². The molecule has 3 aromatic heterocycles. The van der Waals surface area contributed by atoms with Crippen LogP contribution in [0.1, 0.15) is 25.7 Å². The maximum Gasteiger partial charge on any atom is 0.226 e. The molecule has 4 heterocycles. The average molecular weight is 387 g/mol. The molecule has 29 heavy (non-hydrogen) atoms. The van der Waals surface area contributed by atoms with Crippen molar-refractivity contribution in [2.24, 2.45) is 0 Å². The van der Waals surface area contributed by atoms with E-state index in [0.29, 0.717) is 5.82 Å². The Kier molecular flexibility index (Phi) is 5.04. The molecule has 1 fully saturated rings. The zero-order valence-electron chi connectivity index (χ0n) is 16.5. The largest absolute Gasteiger partial charge is 0.354 e. The molecule has 0 aliphatic carbocycles. The van der Waals surface area contributed by atoms with E-state index in [4.69, 9.17) is 15.1 Å². The molecule has 5 rings (SSSR count). The fourth-order valence-corrected chi connectivity index (χ4v) is 3.97. The lowest BCUT2D eigenvalue weighted by molar-refractivity contribution is 0.228. The van der Waals surface area contributed by atoms with Gasteiger partial charge in [-0.05, 0) is 63.2 Å². The Labute approximate surface area is 169 Å². The number of hydrogen-bond donors (Lipinski definition) is 1. The quantitative estimate of drug-likeness (QED) is 0.510. The van der Waals surface area contributed by atoms with Crippen LogP contribution in [-0.4, -0.2) is 55.6 Å². The second-order valence-electron chi connectivity index (χ2n) is 7.55. The van der Waals surface area contributed by atoms with Gasteiger partial charge < -0.3 is 10.2 Å². The zero-order chi connectivity index (χ0) is 19.5. The van der Waals surface area contributed by atoms with Gasteiger partial charge in [0.15, 0.2) is 11.5 Å². The minimum absolute atomic E-state index is 0.660. The summed E-state index contributed by atoms with van der Waals surface area (Å²) in [5, 5.41) is 9.22. The molecule has 1 saturated heterocycles. The van der Waals surface area contributed by atoms with Gasteiger partial charge in [-0.2, -0.15) is 4.52 Å². The van der Waals surface area contributed by atoms with Crippen LogP contribution in [0.2, 0.25) is 0 Å². The molecule has 1 N–H and O–H groups in total. The van der Waals surface area contributed by atoms with Crippen molar-refractivity contribution < 1.29 is 0 Å². The molecule has 1 aromatic carbocycles. The zero-order valence-corrected chi connectivity index (χ0v) is 16.5. The Morgan fingerprint density at radius 2 is 1.86 bits per heavy atom. The number of nitrogens with zero attached hydrogens (tertiary/aromatic N) is 6. The first kappa shape index (κ1) is 18.0. The fourth-order valence-electron chi connectivity index (χ4n) is 3.97. The summed E-state index contributed by atoms with van der Waals surface area (Å²) in [6.07, 6.45) is 8.66. The monoisotopic (exact) mass is 387 g/mol. The molecule has 7 heteroatoms. The molecule has 1 aliphatic heterocycles. The van der Waals surface area contributed by atoms with E-state index in [2.05, 4.69) is 15.2 Å². The van der Waals surface area contributed by atoms with E-state index in [1.165, 1.54) is 32.4 Å². The van der Waals surface area contributed by atoms with Gasteiger partial charge in [0.25, 0.3) is 0 Å². The van der Waals surface area contributed by atoms with E-state index in [1.807, 2.05) is 40.9 Å². The fraction of sp³-hybridized carbons (Fsp3) is 0.364. The molecule has 0 radical (unpaired) electrons. The number of anilines is 1. The van der Waals surface area contributed by atoms with Crippen molar-refractivity contribution in [2.45, 2.75) is 25.7 Å². The number of benzene rings is 1. The number of aromatic nitrogens is 5. The number of piperidine rings is 1. The molecule has 0 saturated carbocycles. The Morgan fingerprint density at radius 1 is 0.966 bits per heavy atom. The Hall–Kier alpha value is -3.06. The molecular weight excluding hydrogens is 362 g/mol. The van der Waals surface area contributed by atoms with E-state index in [1.54, 1.807) is 12.4 Å². The number of para-hydroxylation sites is 1. The smallest absolute Gasteiger partial charge is 0.226 e. The van der Waals surface area contributed by atoms with Gasteiger partial charge in [0.1, 0.15) is 0 Å². The summed E-state index contributed by atoms with van der Waals surface area (Å²) < 4.78 is 1.82. The summed E-state index contributed by atoms with van der Waals surface area (Å²) in [6.45, 7) is 4.45. The summed E-state index contributed by atoms with van der Waals surface area (Å²) in [6, 6.07) is 11.9. The lowest BCUT2D eigenvalue weighted by Gasteiger charge is -2.26. The molecule has 1 aliphatic rings. The van der Waals surface area contributed by atoms with E-state index in [0.717, 1.165) is 47.6 Å². The summed E-state index contributed by atoms with van der Waals surface area (Å²) in [5.41, 5.74) is 2.63. The molecule has 0 amide bonds. The number of rotatable bonds is 6. The van der Waals surface area contributed by atoms with Crippen molar-refractivity contribution in [3.05, 3.63) is 48.8 Å². The van der Waals surface area contributed by atoms with Gasteiger partial charge in [0, 0.05) is 29.9 Å². The highest BCUT2D eigenvalue weighted by atomic mass is 15.4. The SMILES string of the molecule is c1cncc(-c2nc3c4ccccc4nc(NCCCN4CCCCC4)n3n2)c1. The molecule has 7 nitrogen and oxygen atoms in total. The Balaban J connectivity index is 1.42. The maximum absolute atomic E-state index is 4.81. The Bertz CT molecular complexity index is 1100. The van der Waals surface area contributed by atoms with Gasteiger partial charge in [-0.25, -0.2) is 9.97 Å². The van der Waals surface area contributed by atoms with Crippen LogP contribution >= 0.6 is 0 Å². The van der Waals surface area contributed by atoms with Crippen molar-refractivity contribution in [1.29, 1.82) is 0 Å². The first-order valence-electron chi connectivity index (χ1n) is 10.4. The normalized spacial score (nSPS) is 15.2. The van der Waals surface area contributed by atoms with Gasteiger partial charge in [-0.15, -0.1) is 5.10 Å². The van der Waals surface area contributed by atoms with Crippen LogP contribution in [0.15, 0.2) is 48.8 Å². The van der Waals surface area contributed by atoms with Crippen LogP contribution in [0, 0.1) is 0 Å². The lowest BCUT2D eigenvalue weighted by Crippen LogP contribution is -2.31. The topological polar surface area (TPSA) is 71.2 Å². The van der Waals surface area contributed by atoms with Crippen molar-refractivity contribution in [3.63, 3.8) is 0 Å². The molecule has 0 spiro atoms. The third-order valence-electron chi connectivity index (χ3n) is 5.48. The first-order valence-corrected chi connectivity index (χ1v) is 10.4. The second-order valence-corrected chi connectivity index (χ2v) is 7.55. The van der Waals surface area contributed by atoms with Gasteiger partial charge in [-0.3, -0.25) is 4.98 Å². The molecule has 0 unspecified atom stereocenters. The number of pyridine rings is 1. The predicted molar refractivity (Wildman–Crippen MR) is 115 cm³/mol. The highest BCUT2D eigenvalue weighted by Gasteiger charge is 2.15. The lowest BCUT2D eigenvalue weighted by atomic mass is 10.1. The Morgan fingerprint density at radius 3 is 2.72 bits per heavy atom. The standard InChI is InChI=1S/C22H25N7/c1-4-13-28(14-5-1)15-7-12-24-22-25-19-10-3-2-9-18(19)21-26-20(27-29(21)22)17-8-6-11-23-16-17/h2-3,6,8-11,16H,1,4-5,7,12-15H2,(H,24,25). The number of fused-ring (bicyclic) bond motifs is 3. The summed E-state index contributed by atoms with van der Waals surface area (Å²) >= 11 is 0. The van der Waals surface area contributed by atoms with Crippen LogP contribution in [0.25, 0.3) is 27.9 Å². The van der Waals surface area contributed by atoms with Crippen molar-refractivity contribution >= 4 is 22.5 Å². The van der Waals surface area contributed by atoms with E-state index < -0.39 is 0 Å². The van der Waals surface area contributed by atoms with Crippen LogP contribution in [-0.2, 0) is 0 Å². The highest BCUT2D eigenvalue weighted by molar-refractivity contribution is 5.92. The maximum atomic E-state index is 4.81. The van der Waals surface area contributed by atoms with Gasteiger partial charge in [-0.1, -0.05) is 18.6 Å². The molecule has 148 valence electrons. The minimum Gasteiger partial charge on any atom is -0.354 e. The number of nitrogens with one attached hydrogen (secondary N) is 1. The highest BCUT2D eigenvalue weighted by Crippen LogP contribution is 2.23. The summed E-state index contributed by atoms with van der Waals surface area (Å²) in [4.78, 5) is 16.4. The number of likely N-dealkylation sites (tertiary alicyclic amines) is 1. The molecule has 0 atom stereocenters. The minimum atomic E-state index is 0.660. The van der Waals surface area contributed by atoms with Gasteiger partial charge in [0.05, 0.1) is 5.52 Å². The third-order valence-corrected chi connectivity index (χ3v) is 5.48. The van der Waals surface area contributed by atoms with Crippen LogP contribution in [0.4, 0.5) is 5.95 Å². The van der Waals surface area contributed by atoms with Crippen molar-refractivity contribution in [2.75, 3.05) is 31.5 Å². The van der Waals surface area contributed by atoms with Crippen LogP contribution < -0.4 is 5.32 Å². The van der Waals surface area contributed by atoms with Crippen molar-refractivity contribution in [3.8, 4) is 11.4 Å². The van der Waals surface area contributed by atoms with E-state index >= 15 is 0 Å². The molecule has 4 aromatic rings. The predicted octanol–water partition coefficient (Wildman–Crippen LogP) is 3.63. The molecule has 0 bridgehead atoms. The van der Waals surface area contributed by atoms with Gasteiger partial charge in [0.2, 0.25) is 5.95 Å². The third kappa shape index (κ3) is 3.78. The van der Waals surface area contributed by atoms with E-state index in [9.17, 15) is 0 Å². The summed E-state index contributed by atoms with van der Waals surface area (Å²) in [7, 11) is 0. The van der Waals surface area contributed by atoms with Crippen LogP contribution in [0.3, 0.4) is 0 Å². The van der Waals surface area contributed by atoms with Gasteiger partial charge >= 0.3 is 0 Å². The number of hydrogen-bond acceptors (Lipinski definition) is 6. The average Bonchev–Trinajstić information content (AvgIpc) is 3.24. The second kappa shape index (κ2) is 8.13. The van der Waals surface area contributed by atoms with Crippen molar-refractivity contribution in [1.82, 2.24) is 29.5 Å². The molecular formula is C22H25N7. The first-order chi connectivity index (χ1) is 14.4.